The fourth-order valence-electron chi connectivity index (χ4n) is 14.4. The van der Waals surface area contributed by atoms with Gasteiger partial charge in [0.15, 0.2) is 0 Å². The molecule has 20 aromatic rings. The molecule has 0 fully saturated rings. The van der Waals surface area contributed by atoms with Crippen molar-refractivity contribution in [3.8, 4) is 84.5 Å². The van der Waals surface area contributed by atoms with E-state index in [1.54, 1.807) is 12.1 Å². The van der Waals surface area contributed by atoms with E-state index in [-0.39, 0.29) is 11.6 Å². The van der Waals surface area contributed by atoms with Crippen LogP contribution in [0.5, 0.6) is 0 Å². The fourth-order valence-corrected chi connectivity index (χ4v) is 14.4. The number of imidazole rings is 2. The van der Waals surface area contributed by atoms with Gasteiger partial charge in [-0.15, -0.1) is 0 Å². The molecule has 8 aromatic heterocycles. The Morgan fingerprint density at radius 2 is 0.653 bits per heavy atom. The predicted octanol–water partition coefficient (Wildman–Crippen LogP) is 23.3. The molecule has 0 saturated heterocycles. The summed E-state index contributed by atoms with van der Waals surface area (Å²) in [6.07, 6.45) is 6.18. The first-order valence-electron chi connectivity index (χ1n) is 33.7. The van der Waals surface area contributed by atoms with Gasteiger partial charge in [0, 0.05) is 95.8 Å². The third-order valence-corrected chi connectivity index (χ3v) is 19.0. The van der Waals surface area contributed by atoms with Gasteiger partial charge in [0.05, 0.1) is 61.6 Å². The van der Waals surface area contributed by atoms with Crippen LogP contribution in [0.25, 0.3) is 161 Å². The minimum absolute atomic E-state index is 0.349. The molecule has 0 aliphatic heterocycles. The molecule has 0 spiro atoms. The van der Waals surface area contributed by atoms with Gasteiger partial charge < -0.3 is 18.1 Å². The van der Waals surface area contributed by atoms with Gasteiger partial charge in [0.2, 0.25) is 0 Å². The number of hydrogen-bond acceptors (Lipinski definition) is 3. The van der Waals surface area contributed by atoms with Crippen LogP contribution in [0.1, 0.15) is 0 Å². The summed E-state index contributed by atoms with van der Waals surface area (Å²) in [5.74, 6) is -0.698. The summed E-state index contributed by atoms with van der Waals surface area (Å²) in [6.45, 7) is 0. The number of rotatable bonds is 9. The minimum Gasteiger partial charge on any atom is -0.309 e. The second-order valence-corrected chi connectivity index (χ2v) is 25.1. The predicted molar refractivity (Wildman–Crippen MR) is 410 cm³/mol. The highest BCUT2D eigenvalue weighted by atomic mass is 19.1. The van der Waals surface area contributed by atoms with Crippen LogP contribution in [0.2, 0.25) is 0 Å². The molecule has 0 N–H and O–H groups in total. The Balaban J connectivity index is 0.000000110. The Kier molecular flexibility index (Phi) is 15.1. The Morgan fingerprint density at radius 3 is 1.17 bits per heavy atom. The third kappa shape index (κ3) is 11.0. The normalized spacial score (nSPS) is 11.5. The van der Waals surface area contributed by atoms with Crippen molar-refractivity contribution in [1.82, 2.24) is 37.5 Å². The molecule has 101 heavy (non-hydrogen) atoms. The zero-order chi connectivity index (χ0) is 67.3. The summed E-state index contributed by atoms with van der Waals surface area (Å²) in [4.78, 5) is 14.7. The maximum Gasteiger partial charge on any atom is 0.137 e. The molecule has 0 saturated carbocycles. The summed E-state index contributed by atoms with van der Waals surface area (Å²) in [5.41, 5.74) is 24.0. The van der Waals surface area contributed by atoms with Crippen molar-refractivity contribution in [2.45, 2.75) is 0 Å². The van der Waals surface area contributed by atoms with Crippen molar-refractivity contribution in [2.24, 2.45) is 0 Å². The van der Waals surface area contributed by atoms with Crippen molar-refractivity contribution in [2.75, 3.05) is 0 Å². The molecule has 10 heteroatoms. The van der Waals surface area contributed by atoms with E-state index in [4.69, 9.17) is 15.0 Å². The summed E-state index contributed by atoms with van der Waals surface area (Å²) in [7, 11) is 0. The molecular formula is C91H60F2N8. The Labute approximate surface area is 580 Å². The van der Waals surface area contributed by atoms with E-state index in [0.717, 1.165) is 107 Å². The Morgan fingerprint density at radius 1 is 0.238 bits per heavy atom. The lowest BCUT2D eigenvalue weighted by molar-refractivity contribution is 0.628. The molecule has 0 aliphatic carbocycles. The second-order valence-electron chi connectivity index (χ2n) is 25.1. The maximum absolute atomic E-state index is 14.2. The lowest BCUT2D eigenvalue weighted by atomic mass is 9.99. The zero-order valence-electron chi connectivity index (χ0n) is 54.5. The highest BCUT2D eigenvalue weighted by Crippen LogP contribution is 2.40. The standard InChI is InChI=1S/C35H22F2N2.C31H21N3.C25H17N3/c36-27-14-16-34-30(21-27)31-22-28(37)15-17-35(31)39(34)29-13-7-12-25(18-29)26-19-32(23-8-3-1-4-9-23)38-33(20-26)24-10-5-2-6-11-24;1-2-10-23(11-3-1)31-30(32-29-16-8-9-21-33(29)31)22-17-19-24(20-18-22)34-27-14-6-4-12-25(27)26-13-5-7-15-28(26)34;1-3-9-23-20(7-1)21-8-2-4-10-24(21)28(23)19-14-12-18(13-15-19)22-17-27-16-6-5-11-25(27)26-22/h1-22H;1-21H;1-17H. The molecule has 0 bridgehead atoms. The quantitative estimate of drug-likeness (QED) is 0.145. The molecule has 0 atom stereocenters. The van der Waals surface area contributed by atoms with E-state index in [1.165, 1.54) is 67.9 Å². The molecule has 20 rings (SSSR count). The van der Waals surface area contributed by atoms with Crippen molar-refractivity contribution in [3.63, 3.8) is 0 Å². The van der Waals surface area contributed by atoms with Crippen molar-refractivity contribution in [1.29, 1.82) is 0 Å². The largest absolute Gasteiger partial charge is 0.309 e. The molecule has 0 radical (unpaired) electrons. The molecule has 0 amide bonds. The summed E-state index contributed by atoms with van der Waals surface area (Å²) >= 11 is 0. The highest BCUT2D eigenvalue weighted by Gasteiger charge is 2.20. The summed E-state index contributed by atoms with van der Waals surface area (Å²) in [5, 5.41) is 6.46. The summed E-state index contributed by atoms with van der Waals surface area (Å²) < 4.78 is 39.4. The van der Waals surface area contributed by atoms with Crippen molar-refractivity contribution >= 4 is 76.7 Å². The van der Waals surface area contributed by atoms with E-state index < -0.39 is 0 Å². The van der Waals surface area contributed by atoms with E-state index in [1.807, 2.05) is 85.1 Å². The number of fused-ring (bicyclic) bond motifs is 11. The van der Waals surface area contributed by atoms with Crippen LogP contribution in [0.4, 0.5) is 8.78 Å². The Bertz CT molecular complexity index is 6210. The van der Waals surface area contributed by atoms with E-state index in [0.29, 0.717) is 10.8 Å². The first-order chi connectivity index (χ1) is 49.9. The van der Waals surface area contributed by atoms with Gasteiger partial charge in [-0.1, -0.05) is 212 Å². The van der Waals surface area contributed by atoms with Gasteiger partial charge in [-0.3, -0.25) is 4.40 Å². The Hall–Kier alpha value is -13.6. The van der Waals surface area contributed by atoms with Gasteiger partial charge in [0.1, 0.15) is 22.9 Å². The SMILES string of the molecule is Fc1ccc2c(c1)c1cc(F)ccc1n2-c1cccc(-c2cc(-c3ccccc3)nc(-c3ccccc3)c2)c1.c1ccc(-c2c(-c3ccc(-n4c5ccccc5c5ccccc54)cc3)nc3ccccn23)cc1.c1ccc2c(c1)c1ccccc1n2-c1ccc(-c2cn3ccccc3n2)cc1. The van der Waals surface area contributed by atoms with Crippen molar-refractivity contribution in [3.05, 3.63) is 376 Å². The first-order valence-corrected chi connectivity index (χ1v) is 33.7. The van der Waals surface area contributed by atoms with Crippen LogP contribution < -0.4 is 0 Å². The van der Waals surface area contributed by atoms with E-state index in [2.05, 4.69) is 265 Å². The maximum atomic E-state index is 14.2. The molecule has 0 unspecified atom stereocenters. The van der Waals surface area contributed by atoms with E-state index >= 15 is 0 Å². The molecule has 12 aromatic carbocycles. The van der Waals surface area contributed by atoms with Gasteiger partial charge in [-0.05, 0) is 145 Å². The van der Waals surface area contributed by atoms with Crippen LogP contribution in [0, 0.1) is 11.6 Å². The summed E-state index contributed by atoms with van der Waals surface area (Å²) in [6, 6.07) is 117. The second kappa shape index (κ2) is 25.5. The van der Waals surface area contributed by atoms with Crippen LogP contribution >= 0.6 is 0 Å². The molecule has 478 valence electrons. The zero-order valence-corrected chi connectivity index (χ0v) is 54.5. The molecular weight excluding hydrogens is 1240 g/mol. The van der Waals surface area contributed by atoms with E-state index in [9.17, 15) is 8.78 Å². The van der Waals surface area contributed by atoms with Crippen molar-refractivity contribution < 1.29 is 8.78 Å². The first kappa shape index (κ1) is 59.9. The minimum atomic E-state index is -0.349. The molecule has 8 nitrogen and oxygen atoms in total. The number of nitrogens with zero attached hydrogens (tertiary/aromatic N) is 8. The number of halogens is 2. The van der Waals surface area contributed by atoms with Gasteiger partial charge in [-0.25, -0.2) is 23.7 Å². The molecule has 0 aliphatic rings. The third-order valence-electron chi connectivity index (χ3n) is 19.0. The number of aromatic nitrogens is 8. The average Bonchev–Trinajstić information content (AvgIpc) is 1.64. The van der Waals surface area contributed by atoms with Crippen LogP contribution in [0.3, 0.4) is 0 Å². The van der Waals surface area contributed by atoms with Gasteiger partial charge in [0.25, 0.3) is 0 Å². The van der Waals surface area contributed by atoms with Gasteiger partial charge >= 0.3 is 0 Å². The van der Waals surface area contributed by atoms with Crippen LogP contribution in [-0.2, 0) is 0 Å². The highest BCUT2D eigenvalue weighted by molar-refractivity contribution is 6.11. The molecule has 8 heterocycles. The number of para-hydroxylation sites is 4. The number of pyridine rings is 3. The lowest BCUT2D eigenvalue weighted by Crippen LogP contribution is -1.95. The van der Waals surface area contributed by atoms with Gasteiger partial charge in [-0.2, -0.15) is 0 Å². The average molecular weight is 1300 g/mol. The fraction of sp³-hybridized carbons (Fsp3) is 0. The number of benzene rings is 12. The monoisotopic (exact) mass is 1300 g/mol. The van der Waals surface area contributed by atoms with Crippen LogP contribution in [-0.4, -0.2) is 37.5 Å². The smallest absolute Gasteiger partial charge is 0.137 e. The topological polar surface area (TPSA) is 62.3 Å². The van der Waals surface area contributed by atoms with Crippen LogP contribution in [0.15, 0.2) is 364 Å². The number of hydrogen-bond donors (Lipinski definition) is 0. The lowest BCUT2D eigenvalue weighted by Gasteiger charge is -2.13.